The van der Waals surface area contributed by atoms with Gasteiger partial charge < -0.3 is 20.3 Å². The molecule has 0 bridgehead atoms. The van der Waals surface area contributed by atoms with Gasteiger partial charge in [-0.1, -0.05) is 11.6 Å². The second kappa shape index (κ2) is 7.41. The number of aromatic nitrogens is 2. The van der Waals surface area contributed by atoms with Crippen LogP contribution in [0.5, 0.6) is 5.75 Å². The number of anilines is 1. The number of carboxylic acid groups (broad SMARTS) is 1. The Bertz CT molecular complexity index is 786. The largest absolute Gasteiger partial charge is 0.492 e. The van der Waals surface area contributed by atoms with Gasteiger partial charge in [-0.05, 0) is 12.1 Å². The molecule has 1 aromatic heterocycles. The van der Waals surface area contributed by atoms with Crippen molar-refractivity contribution in [1.82, 2.24) is 9.97 Å². The van der Waals surface area contributed by atoms with E-state index >= 15 is 0 Å². The number of ether oxygens (including phenoxy) is 2. The van der Waals surface area contributed by atoms with Gasteiger partial charge in [-0.25, -0.2) is 19.2 Å². The van der Waals surface area contributed by atoms with Crippen molar-refractivity contribution in [1.29, 1.82) is 0 Å². The Morgan fingerprint density at radius 2 is 2.08 bits per heavy atom. The first-order valence-corrected chi connectivity index (χ1v) is 7.19. The summed E-state index contributed by atoms with van der Waals surface area (Å²) in [4.78, 5) is 19.4. The summed E-state index contributed by atoms with van der Waals surface area (Å²) >= 11 is 5.85. The van der Waals surface area contributed by atoms with Crippen LogP contribution in [0.1, 0.15) is 16.1 Å². The van der Waals surface area contributed by atoms with E-state index in [0.29, 0.717) is 0 Å². The summed E-state index contributed by atoms with van der Waals surface area (Å²) in [6.45, 7) is 0.246. The van der Waals surface area contributed by atoms with Gasteiger partial charge in [0.1, 0.15) is 5.82 Å². The molecule has 1 heterocycles. The molecule has 1 aromatic carbocycles. The first kappa shape index (κ1) is 17.9. The third-order valence-electron chi connectivity index (χ3n) is 3.29. The molecule has 0 aliphatic carbocycles. The fourth-order valence-corrected chi connectivity index (χ4v) is 2.36. The second-order valence-corrected chi connectivity index (χ2v) is 5.16. The highest BCUT2D eigenvalue weighted by Gasteiger charge is 2.22. The van der Waals surface area contributed by atoms with Gasteiger partial charge in [0.25, 0.3) is 0 Å². The zero-order chi connectivity index (χ0) is 17.9. The molecule has 0 amide bonds. The number of nitrogens with two attached hydrogens (primary N) is 1. The predicted octanol–water partition coefficient (Wildman–Crippen LogP) is 2.41. The zero-order valence-corrected chi connectivity index (χ0v) is 13.7. The molecule has 24 heavy (non-hydrogen) atoms. The van der Waals surface area contributed by atoms with Crippen molar-refractivity contribution < 1.29 is 23.8 Å². The third kappa shape index (κ3) is 3.39. The summed E-state index contributed by atoms with van der Waals surface area (Å²) in [5, 5.41) is 9.42. The van der Waals surface area contributed by atoms with Crippen molar-refractivity contribution in [3.8, 4) is 17.1 Å². The highest BCUT2D eigenvalue weighted by atomic mass is 35.5. The first-order valence-electron chi connectivity index (χ1n) is 6.81. The third-order valence-corrected chi connectivity index (χ3v) is 3.59. The first-order chi connectivity index (χ1) is 11.4. The molecule has 0 fully saturated rings. The maximum atomic E-state index is 14.5. The fraction of sp³-hybridized carbons (Fsp3) is 0.267. The smallest absolute Gasteiger partial charge is 0.355 e. The van der Waals surface area contributed by atoms with Gasteiger partial charge in [-0.2, -0.15) is 0 Å². The molecule has 3 N–H and O–H groups in total. The monoisotopic (exact) mass is 355 g/mol. The SMILES string of the molecule is COCCc1c(N)nc(-c2ccc(Cl)c(OC)c2F)nc1C(=O)O. The molecular weight excluding hydrogens is 341 g/mol. The van der Waals surface area contributed by atoms with Gasteiger partial charge in [0, 0.05) is 19.1 Å². The van der Waals surface area contributed by atoms with Gasteiger partial charge >= 0.3 is 5.97 Å². The Labute approximate surface area is 142 Å². The lowest BCUT2D eigenvalue weighted by Crippen LogP contribution is -2.14. The van der Waals surface area contributed by atoms with Crippen molar-refractivity contribution in [2.75, 3.05) is 26.6 Å². The molecule has 2 aromatic rings. The number of halogens is 2. The Balaban J connectivity index is 2.63. The van der Waals surface area contributed by atoms with E-state index in [9.17, 15) is 14.3 Å². The van der Waals surface area contributed by atoms with Crippen LogP contribution in [0.25, 0.3) is 11.4 Å². The zero-order valence-electron chi connectivity index (χ0n) is 13.0. The molecule has 7 nitrogen and oxygen atoms in total. The lowest BCUT2D eigenvalue weighted by Gasteiger charge is -2.12. The molecular formula is C15H15ClFN3O4. The molecule has 0 saturated heterocycles. The molecule has 0 saturated carbocycles. The van der Waals surface area contributed by atoms with Crippen LogP contribution in [0, 0.1) is 5.82 Å². The number of carboxylic acids is 1. The van der Waals surface area contributed by atoms with Crippen LogP contribution in [0.3, 0.4) is 0 Å². The van der Waals surface area contributed by atoms with Crippen LogP contribution in [-0.2, 0) is 11.2 Å². The van der Waals surface area contributed by atoms with Crippen LogP contribution in [0.15, 0.2) is 12.1 Å². The van der Waals surface area contributed by atoms with Crippen LogP contribution in [0.2, 0.25) is 5.02 Å². The summed E-state index contributed by atoms with van der Waals surface area (Å²) in [6, 6.07) is 2.73. The summed E-state index contributed by atoms with van der Waals surface area (Å²) < 4.78 is 24.3. The predicted molar refractivity (Wildman–Crippen MR) is 85.9 cm³/mol. The van der Waals surface area contributed by atoms with E-state index < -0.39 is 11.8 Å². The van der Waals surface area contributed by atoms with Crippen molar-refractivity contribution >= 4 is 23.4 Å². The number of nitrogen functional groups attached to an aromatic ring is 1. The van der Waals surface area contributed by atoms with E-state index in [-0.39, 0.29) is 52.3 Å². The Kier molecular flexibility index (Phi) is 5.53. The molecule has 2 rings (SSSR count). The summed E-state index contributed by atoms with van der Waals surface area (Å²) in [5.74, 6) is -2.50. The average Bonchev–Trinajstić information content (AvgIpc) is 2.53. The number of rotatable bonds is 6. The normalized spacial score (nSPS) is 10.7. The Hall–Kier alpha value is -2.45. The number of methoxy groups -OCH3 is 2. The van der Waals surface area contributed by atoms with E-state index in [1.165, 1.54) is 26.4 Å². The maximum Gasteiger partial charge on any atom is 0.355 e. The molecule has 0 atom stereocenters. The number of hydrogen-bond acceptors (Lipinski definition) is 6. The van der Waals surface area contributed by atoms with Crippen molar-refractivity contribution in [2.24, 2.45) is 0 Å². The van der Waals surface area contributed by atoms with Gasteiger partial charge in [0.05, 0.1) is 24.3 Å². The number of carbonyl (C=O) groups is 1. The number of benzene rings is 1. The number of hydrogen-bond donors (Lipinski definition) is 2. The minimum Gasteiger partial charge on any atom is -0.492 e. The van der Waals surface area contributed by atoms with Crippen LogP contribution in [0.4, 0.5) is 10.2 Å². The van der Waals surface area contributed by atoms with E-state index in [2.05, 4.69) is 9.97 Å². The van der Waals surface area contributed by atoms with Gasteiger partial charge in [-0.3, -0.25) is 0 Å². The van der Waals surface area contributed by atoms with Crippen molar-refractivity contribution in [2.45, 2.75) is 6.42 Å². The minimum atomic E-state index is -1.29. The van der Waals surface area contributed by atoms with Crippen LogP contribution >= 0.6 is 11.6 Å². The lowest BCUT2D eigenvalue weighted by atomic mass is 10.1. The fourth-order valence-electron chi connectivity index (χ4n) is 2.14. The highest BCUT2D eigenvalue weighted by molar-refractivity contribution is 6.32. The molecule has 9 heteroatoms. The highest BCUT2D eigenvalue weighted by Crippen LogP contribution is 2.34. The molecule has 0 aliphatic heterocycles. The molecule has 0 radical (unpaired) electrons. The van der Waals surface area contributed by atoms with Crippen LogP contribution < -0.4 is 10.5 Å². The molecule has 0 spiro atoms. The standard InChI is InChI=1S/C15H15ClFN3O4/c1-23-6-5-8-11(15(21)22)19-14(20-13(8)18)7-3-4-9(16)12(24-2)10(7)17/h3-4H,5-6H2,1-2H3,(H,21,22)(H2,18,19,20). The van der Waals surface area contributed by atoms with Gasteiger partial charge in [0.15, 0.2) is 23.1 Å². The average molecular weight is 356 g/mol. The topological polar surface area (TPSA) is 108 Å². The Morgan fingerprint density at radius 3 is 2.67 bits per heavy atom. The minimum absolute atomic E-state index is 0.0530. The summed E-state index contributed by atoms with van der Waals surface area (Å²) in [5.41, 5.74) is 5.70. The number of nitrogens with zero attached hydrogens (tertiary/aromatic N) is 2. The molecule has 0 unspecified atom stereocenters. The summed E-state index contributed by atoms with van der Waals surface area (Å²) in [6.07, 6.45) is 0.219. The van der Waals surface area contributed by atoms with E-state index in [1.54, 1.807) is 0 Å². The Morgan fingerprint density at radius 1 is 1.38 bits per heavy atom. The molecule has 128 valence electrons. The maximum absolute atomic E-state index is 14.5. The number of aromatic carboxylic acids is 1. The van der Waals surface area contributed by atoms with E-state index in [1.807, 2.05) is 0 Å². The van der Waals surface area contributed by atoms with Crippen molar-refractivity contribution in [3.05, 3.63) is 34.2 Å². The summed E-state index contributed by atoms with van der Waals surface area (Å²) in [7, 11) is 2.74. The van der Waals surface area contributed by atoms with E-state index in [4.69, 9.17) is 26.8 Å². The van der Waals surface area contributed by atoms with Crippen molar-refractivity contribution in [3.63, 3.8) is 0 Å². The quantitative estimate of drug-likeness (QED) is 0.819. The van der Waals surface area contributed by atoms with Crippen LogP contribution in [-0.4, -0.2) is 41.9 Å². The lowest BCUT2D eigenvalue weighted by molar-refractivity contribution is 0.0688. The van der Waals surface area contributed by atoms with Gasteiger partial charge in [-0.15, -0.1) is 0 Å². The second-order valence-electron chi connectivity index (χ2n) is 4.75. The van der Waals surface area contributed by atoms with Gasteiger partial charge in [0.2, 0.25) is 0 Å². The molecule has 0 aliphatic rings. The van der Waals surface area contributed by atoms with E-state index in [0.717, 1.165) is 0 Å².